The number of carbonyl (C=O) groups excluding carboxylic acids is 1. The predicted molar refractivity (Wildman–Crippen MR) is 55.8 cm³/mol. The van der Waals surface area contributed by atoms with E-state index in [9.17, 15) is 14.1 Å². The molecule has 82 valence electrons. The Bertz CT molecular complexity index is 618. The Morgan fingerprint density at radius 3 is 2.88 bits per heavy atom. The molecule has 0 radical (unpaired) electrons. The molecule has 16 heavy (non-hydrogen) atoms. The molecule has 0 aliphatic rings. The summed E-state index contributed by atoms with van der Waals surface area (Å²) >= 11 is 0. The van der Waals surface area contributed by atoms with Crippen molar-refractivity contribution in [1.29, 1.82) is 0 Å². The van der Waals surface area contributed by atoms with Crippen molar-refractivity contribution in [3.05, 3.63) is 45.7 Å². The third kappa shape index (κ3) is 1.46. The molecule has 0 saturated carbocycles. The first-order valence-corrected chi connectivity index (χ1v) is 4.59. The van der Waals surface area contributed by atoms with Gasteiger partial charge in [0.15, 0.2) is 0 Å². The van der Waals surface area contributed by atoms with E-state index in [2.05, 4.69) is 9.93 Å². The third-order valence-corrected chi connectivity index (χ3v) is 2.41. The molecule has 0 saturated heterocycles. The summed E-state index contributed by atoms with van der Waals surface area (Å²) in [6.07, 6.45) is 1.15. The lowest BCUT2D eigenvalue weighted by Crippen LogP contribution is -2.16. The van der Waals surface area contributed by atoms with E-state index >= 15 is 0 Å². The minimum Gasteiger partial charge on any atom is -0.360 e. The van der Waals surface area contributed by atoms with Crippen LogP contribution >= 0.6 is 0 Å². The van der Waals surface area contributed by atoms with Crippen LogP contribution in [-0.4, -0.2) is 11.0 Å². The first-order valence-electron chi connectivity index (χ1n) is 4.59. The molecule has 0 atom stereocenters. The molecule has 0 bridgehead atoms. The number of aromatic amines is 1. The van der Waals surface area contributed by atoms with Gasteiger partial charge >= 0.3 is 5.97 Å². The molecular formula is C11H8FNO3. The minimum atomic E-state index is -1.29. The van der Waals surface area contributed by atoms with Gasteiger partial charge in [0.2, 0.25) is 5.43 Å². The summed E-state index contributed by atoms with van der Waals surface area (Å²) in [5, 5.41) is 0.336. The Hall–Kier alpha value is -2.17. The van der Waals surface area contributed by atoms with Crippen LogP contribution in [0.3, 0.4) is 0 Å². The molecule has 0 fully saturated rings. The topological polar surface area (TPSA) is 59.2 Å². The van der Waals surface area contributed by atoms with Crippen molar-refractivity contribution in [2.45, 2.75) is 6.92 Å². The highest BCUT2D eigenvalue weighted by molar-refractivity contribution is 5.93. The molecule has 0 spiro atoms. The van der Waals surface area contributed by atoms with Crippen molar-refractivity contribution in [3.8, 4) is 0 Å². The van der Waals surface area contributed by atoms with Gasteiger partial charge in [-0.25, -0.2) is 9.74 Å². The highest BCUT2D eigenvalue weighted by Crippen LogP contribution is 2.12. The molecule has 4 nitrogen and oxygen atoms in total. The molecule has 0 unspecified atom stereocenters. The third-order valence-electron chi connectivity index (χ3n) is 2.41. The maximum Gasteiger partial charge on any atom is 0.384 e. The van der Waals surface area contributed by atoms with E-state index in [-0.39, 0.29) is 5.56 Å². The van der Waals surface area contributed by atoms with Gasteiger partial charge in [-0.05, 0) is 18.6 Å². The van der Waals surface area contributed by atoms with Crippen LogP contribution < -0.4 is 5.43 Å². The number of nitrogens with one attached hydrogen (secondary N) is 1. The molecule has 0 aliphatic heterocycles. The quantitative estimate of drug-likeness (QED) is 0.799. The molecule has 0 amide bonds. The number of hydrogen-bond donors (Lipinski definition) is 1. The van der Waals surface area contributed by atoms with Crippen LogP contribution in [0.4, 0.5) is 4.53 Å². The number of H-pyrrole nitrogens is 1. The molecule has 1 aromatic carbocycles. The monoisotopic (exact) mass is 221 g/mol. The SMILES string of the molecule is Cc1cccc2c(=O)c(C(=O)OF)c[nH]c12. The predicted octanol–water partition coefficient (Wildman–Crippen LogP) is 1.88. The zero-order valence-electron chi connectivity index (χ0n) is 8.41. The van der Waals surface area contributed by atoms with Crippen LogP contribution in [0.2, 0.25) is 0 Å². The van der Waals surface area contributed by atoms with E-state index in [4.69, 9.17) is 0 Å². The van der Waals surface area contributed by atoms with Gasteiger partial charge in [0.1, 0.15) is 5.56 Å². The average Bonchev–Trinajstić information content (AvgIpc) is 2.30. The number of rotatable bonds is 1. The van der Waals surface area contributed by atoms with Gasteiger partial charge < -0.3 is 4.98 Å². The van der Waals surface area contributed by atoms with Crippen LogP contribution in [-0.2, 0) is 4.94 Å². The Morgan fingerprint density at radius 1 is 1.44 bits per heavy atom. The Kier molecular flexibility index (Phi) is 2.44. The number of aryl methyl sites for hydroxylation is 1. The lowest BCUT2D eigenvalue weighted by molar-refractivity contribution is -0.0789. The van der Waals surface area contributed by atoms with Gasteiger partial charge in [-0.2, -0.15) is 0 Å². The number of pyridine rings is 1. The number of fused-ring (bicyclic) bond motifs is 1. The van der Waals surface area contributed by atoms with Crippen LogP contribution in [0, 0.1) is 6.92 Å². The summed E-state index contributed by atoms with van der Waals surface area (Å²) in [6.45, 7) is 1.82. The first-order chi connectivity index (χ1) is 7.65. The summed E-state index contributed by atoms with van der Waals surface area (Å²) < 4.78 is 11.7. The van der Waals surface area contributed by atoms with E-state index in [0.29, 0.717) is 10.9 Å². The standard InChI is InChI=1S/C11H8FNO3/c1-6-3-2-4-7-9(6)13-5-8(10(7)14)11(15)16-12/h2-5H,1H3,(H,13,14). The lowest BCUT2D eigenvalue weighted by Gasteiger charge is -2.02. The number of aromatic nitrogens is 1. The zero-order valence-corrected chi connectivity index (χ0v) is 8.41. The normalized spacial score (nSPS) is 10.4. The summed E-state index contributed by atoms with van der Waals surface area (Å²) in [7, 11) is 0. The van der Waals surface area contributed by atoms with E-state index in [1.54, 1.807) is 12.1 Å². The van der Waals surface area contributed by atoms with Crippen molar-refractivity contribution < 1.29 is 14.3 Å². The molecular weight excluding hydrogens is 213 g/mol. The van der Waals surface area contributed by atoms with Gasteiger partial charge in [-0.15, -0.1) is 0 Å². The maximum absolute atomic E-state index is 11.8. The fourth-order valence-corrected chi connectivity index (χ4v) is 1.60. The molecule has 0 aliphatic carbocycles. The Labute approximate surface area is 89.6 Å². The number of halogens is 1. The number of hydrogen-bond acceptors (Lipinski definition) is 3. The number of carbonyl (C=O) groups is 1. The van der Waals surface area contributed by atoms with Gasteiger partial charge in [-0.3, -0.25) is 4.79 Å². The van der Waals surface area contributed by atoms with Crippen molar-refractivity contribution in [1.82, 2.24) is 4.98 Å². The summed E-state index contributed by atoms with van der Waals surface area (Å²) in [6, 6.07) is 5.08. The minimum absolute atomic E-state index is 0.336. The fraction of sp³-hybridized carbons (Fsp3) is 0.0909. The second kappa shape index (κ2) is 3.77. The van der Waals surface area contributed by atoms with E-state index in [1.165, 1.54) is 0 Å². The molecule has 1 aromatic heterocycles. The zero-order chi connectivity index (χ0) is 11.7. The van der Waals surface area contributed by atoms with Gasteiger partial charge in [0.25, 0.3) is 0 Å². The van der Waals surface area contributed by atoms with Crippen LogP contribution in [0.25, 0.3) is 10.9 Å². The summed E-state index contributed by atoms with van der Waals surface area (Å²) in [5.74, 6) is -1.29. The molecule has 5 heteroatoms. The van der Waals surface area contributed by atoms with Gasteiger partial charge in [0, 0.05) is 16.1 Å². The molecule has 1 heterocycles. The molecule has 1 N–H and O–H groups in total. The van der Waals surface area contributed by atoms with Crippen molar-refractivity contribution >= 4 is 16.9 Å². The Balaban J connectivity index is 2.81. The summed E-state index contributed by atoms with van der Waals surface area (Å²) in [4.78, 5) is 28.6. The second-order valence-electron chi connectivity index (χ2n) is 3.39. The van der Waals surface area contributed by atoms with Crippen molar-refractivity contribution in [2.24, 2.45) is 0 Å². The highest BCUT2D eigenvalue weighted by atomic mass is 19.3. The second-order valence-corrected chi connectivity index (χ2v) is 3.39. The lowest BCUT2D eigenvalue weighted by atomic mass is 10.1. The van der Waals surface area contributed by atoms with Crippen LogP contribution in [0.1, 0.15) is 15.9 Å². The number of benzene rings is 1. The fourth-order valence-electron chi connectivity index (χ4n) is 1.60. The van der Waals surface area contributed by atoms with Gasteiger partial charge in [0.05, 0.1) is 5.52 Å². The van der Waals surface area contributed by atoms with Crippen molar-refractivity contribution in [2.75, 3.05) is 0 Å². The smallest absolute Gasteiger partial charge is 0.360 e. The molecule has 2 rings (SSSR count). The van der Waals surface area contributed by atoms with Crippen molar-refractivity contribution in [3.63, 3.8) is 0 Å². The average molecular weight is 221 g/mol. The summed E-state index contributed by atoms with van der Waals surface area (Å²) in [5.41, 5.74) is 0.610. The molecule has 2 aromatic rings. The van der Waals surface area contributed by atoms with Crippen LogP contribution in [0.15, 0.2) is 29.2 Å². The van der Waals surface area contributed by atoms with E-state index in [1.807, 2.05) is 13.0 Å². The largest absolute Gasteiger partial charge is 0.384 e. The van der Waals surface area contributed by atoms with E-state index < -0.39 is 11.4 Å². The van der Waals surface area contributed by atoms with Crippen LogP contribution in [0.5, 0.6) is 0 Å². The maximum atomic E-state index is 11.8. The number of para-hydroxylation sites is 1. The van der Waals surface area contributed by atoms with Gasteiger partial charge in [-0.1, -0.05) is 12.1 Å². The van der Waals surface area contributed by atoms with E-state index in [0.717, 1.165) is 11.8 Å². The highest BCUT2D eigenvalue weighted by Gasteiger charge is 2.15. The Morgan fingerprint density at radius 2 is 2.19 bits per heavy atom. The first kappa shape index (κ1) is 10.4.